The van der Waals surface area contributed by atoms with Crippen LogP contribution in [0.25, 0.3) is 0 Å². The van der Waals surface area contributed by atoms with Crippen LogP contribution in [0.5, 0.6) is 0 Å². The molecule has 11 heavy (non-hydrogen) atoms. The predicted molar refractivity (Wildman–Crippen MR) is 56.6 cm³/mol. The molecule has 0 aromatic carbocycles. The van der Waals surface area contributed by atoms with Crippen LogP contribution >= 0.6 is 17.1 Å². The summed E-state index contributed by atoms with van der Waals surface area (Å²) in [6, 6.07) is 0. The maximum absolute atomic E-state index is 5.48. The van der Waals surface area contributed by atoms with Gasteiger partial charge in [0.1, 0.15) is 0 Å². The Morgan fingerprint density at radius 3 is 2.45 bits per heavy atom. The average molecular weight is 217 g/mol. The van der Waals surface area contributed by atoms with Crippen LogP contribution in [0.3, 0.4) is 0 Å². The Morgan fingerprint density at radius 2 is 2.18 bits per heavy atom. The van der Waals surface area contributed by atoms with Crippen molar-refractivity contribution in [3.63, 3.8) is 0 Å². The lowest BCUT2D eigenvalue weighted by Crippen LogP contribution is -1.99. The van der Waals surface area contributed by atoms with Gasteiger partial charge >= 0.3 is 0 Å². The molecule has 0 radical (unpaired) electrons. The lowest BCUT2D eigenvalue weighted by atomic mass is 10.9. The first-order valence-electron chi connectivity index (χ1n) is 3.41. The zero-order valence-electron chi connectivity index (χ0n) is 7.11. The van der Waals surface area contributed by atoms with Gasteiger partial charge in [-0.05, 0) is 18.9 Å². The van der Waals surface area contributed by atoms with Gasteiger partial charge in [0.15, 0.2) is 0 Å². The molecule has 0 amide bonds. The van der Waals surface area contributed by atoms with Crippen molar-refractivity contribution >= 4 is 28.0 Å². The fourth-order valence-corrected chi connectivity index (χ4v) is 6.93. The Morgan fingerprint density at radius 1 is 1.55 bits per heavy atom. The molecule has 70 valence electrons. The molecule has 0 bridgehead atoms. The second kappa shape index (κ2) is 6.52. The number of hydrogen-bond donors (Lipinski definition) is 2. The molecule has 6 heteroatoms. The van der Waals surface area contributed by atoms with Gasteiger partial charge < -0.3 is 4.52 Å². The first-order valence-corrected chi connectivity index (χ1v) is 8.65. The summed E-state index contributed by atoms with van der Waals surface area (Å²) >= 11 is 1.60. The molecule has 0 aromatic rings. The van der Waals surface area contributed by atoms with E-state index in [0.717, 1.165) is 5.75 Å². The van der Waals surface area contributed by atoms with E-state index in [2.05, 4.69) is 6.92 Å². The van der Waals surface area contributed by atoms with Gasteiger partial charge in [-0.25, -0.2) is 10.5 Å². The Bertz CT molecular complexity index is 145. The third-order valence-electron chi connectivity index (χ3n) is 0.971. The molecule has 2 N–H and O–H groups in total. The van der Waals surface area contributed by atoms with Gasteiger partial charge in [0.05, 0.1) is 6.61 Å². The normalized spacial score (nSPS) is 16.4. The average Bonchev–Trinajstić information content (AvgIpc) is 2.04. The van der Waals surface area contributed by atoms with E-state index < -0.39 is 5.69 Å². The zero-order chi connectivity index (χ0) is 8.74. The van der Waals surface area contributed by atoms with Crippen molar-refractivity contribution in [2.75, 3.05) is 18.6 Å². The number of rotatable bonds is 5. The second-order valence-corrected chi connectivity index (χ2v) is 10.1. The van der Waals surface area contributed by atoms with Gasteiger partial charge in [-0.1, -0.05) is 18.3 Å². The van der Waals surface area contributed by atoms with Gasteiger partial charge in [-0.3, -0.25) is 0 Å². The summed E-state index contributed by atoms with van der Waals surface area (Å²) in [5.74, 6) is 6.21. The van der Waals surface area contributed by atoms with E-state index in [9.17, 15) is 0 Å². The molecule has 0 aliphatic carbocycles. The highest BCUT2D eigenvalue weighted by atomic mass is 32.9. The van der Waals surface area contributed by atoms with E-state index in [1.165, 1.54) is 10.9 Å². The summed E-state index contributed by atoms with van der Waals surface area (Å²) in [6.07, 6.45) is 1.97. The van der Waals surface area contributed by atoms with Crippen LogP contribution < -0.4 is 5.90 Å². The van der Waals surface area contributed by atoms with E-state index in [-0.39, 0.29) is 0 Å². The molecule has 0 saturated carbocycles. The molecule has 0 heterocycles. The van der Waals surface area contributed by atoms with E-state index in [4.69, 9.17) is 15.0 Å². The van der Waals surface area contributed by atoms with Crippen LogP contribution in [0.4, 0.5) is 0 Å². The molecule has 0 saturated heterocycles. The highest BCUT2D eigenvalue weighted by Gasteiger charge is 2.14. The molecule has 0 aliphatic heterocycles. The topological polar surface area (TPSA) is 44.5 Å². The van der Waals surface area contributed by atoms with Crippen molar-refractivity contribution in [2.45, 2.75) is 13.8 Å². The van der Waals surface area contributed by atoms with Gasteiger partial charge in [-0.2, -0.15) is 0 Å². The summed E-state index contributed by atoms with van der Waals surface area (Å²) in [7, 11) is 1.17. The fraction of sp³-hybridized carbons (Fsp3) is 1.00. The van der Waals surface area contributed by atoms with Crippen LogP contribution in [0, 0.1) is 0 Å². The highest BCUT2D eigenvalue weighted by molar-refractivity contribution is 8.69. The van der Waals surface area contributed by atoms with Gasteiger partial charge in [0.2, 0.25) is 5.69 Å². The molecule has 0 aromatic heterocycles. The van der Waals surface area contributed by atoms with Crippen LogP contribution in [-0.2, 0) is 20.1 Å². The van der Waals surface area contributed by atoms with Crippen LogP contribution in [0.1, 0.15) is 13.8 Å². The molecule has 0 rings (SSSR count). The van der Waals surface area contributed by atoms with E-state index in [1.54, 1.807) is 11.4 Å². The molecule has 3 nitrogen and oxygen atoms in total. The Hall–Kier alpha value is 1.01. The maximum atomic E-state index is 5.48. The SMILES string of the molecule is CCOP(ON)(SC)=[SH]CC. The van der Waals surface area contributed by atoms with Crippen molar-refractivity contribution in [2.24, 2.45) is 5.90 Å². The molecular weight excluding hydrogens is 201 g/mol. The first-order chi connectivity index (χ1) is 5.24. The maximum Gasteiger partial charge on any atom is 0.221 e. The standard InChI is InChI=1S/C5H16NO2PS2/c1-4-7-9(8-6,10-3)11-5-2/h11H,4-6H2,1-3H3. The molecule has 1 unspecified atom stereocenters. The first kappa shape index (κ1) is 12.0. The van der Waals surface area contributed by atoms with Gasteiger partial charge in [0.25, 0.3) is 0 Å². The summed E-state index contributed by atoms with van der Waals surface area (Å²) in [5.41, 5.74) is -1.79. The summed E-state index contributed by atoms with van der Waals surface area (Å²) in [5, 5.41) is 0. The Balaban J connectivity index is 4.33. The Labute approximate surface area is 75.9 Å². The smallest absolute Gasteiger partial charge is 0.221 e. The number of nitrogens with two attached hydrogens (primary N) is 1. The third kappa shape index (κ3) is 3.97. The Kier molecular flexibility index (Phi) is 7.12. The minimum absolute atomic E-state index is 0.665. The molecule has 0 spiro atoms. The summed E-state index contributed by atoms with van der Waals surface area (Å²) in [4.78, 5) is 0. The lowest BCUT2D eigenvalue weighted by Gasteiger charge is -2.19. The van der Waals surface area contributed by atoms with E-state index in [0.29, 0.717) is 6.61 Å². The van der Waals surface area contributed by atoms with Crippen molar-refractivity contribution in [3.05, 3.63) is 0 Å². The molecule has 0 fully saturated rings. The predicted octanol–water partition coefficient (Wildman–Crippen LogP) is 1.79. The van der Waals surface area contributed by atoms with Crippen molar-refractivity contribution in [3.8, 4) is 0 Å². The van der Waals surface area contributed by atoms with Crippen LogP contribution in [0.2, 0.25) is 0 Å². The largest absolute Gasteiger partial charge is 0.325 e. The van der Waals surface area contributed by atoms with Crippen molar-refractivity contribution < 1.29 is 9.15 Å². The third-order valence-corrected chi connectivity index (χ3v) is 9.90. The monoisotopic (exact) mass is 217 g/mol. The minimum atomic E-state index is -1.79. The summed E-state index contributed by atoms with van der Waals surface area (Å²) in [6.45, 7) is 4.71. The summed E-state index contributed by atoms with van der Waals surface area (Å²) < 4.78 is 10.4. The van der Waals surface area contributed by atoms with Crippen LogP contribution in [-0.4, -0.2) is 18.6 Å². The van der Waals surface area contributed by atoms with Crippen LogP contribution in [0.15, 0.2) is 0 Å². The molecule has 0 aliphatic rings. The second-order valence-electron chi connectivity index (χ2n) is 1.63. The molecular formula is C5H16NO2PS2. The number of thiol groups is 1. The fourth-order valence-electron chi connectivity index (χ4n) is 0.594. The quantitative estimate of drug-likeness (QED) is 0.418. The van der Waals surface area contributed by atoms with E-state index in [1.807, 2.05) is 13.2 Å². The lowest BCUT2D eigenvalue weighted by molar-refractivity contribution is 0.276. The highest BCUT2D eigenvalue weighted by Crippen LogP contribution is 2.59. The van der Waals surface area contributed by atoms with Crippen molar-refractivity contribution in [1.82, 2.24) is 0 Å². The minimum Gasteiger partial charge on any atom is -0.325 e. The van der Waals surface area contributed by atoms with Gasteiger partial charge in [0, 0.05) is 0 Å². The molecule has 1 atom stereocenters. The number of hydrogen-bond acceptors (Lipinski definition) is 4. The van der Waals surface area contributed by atoms with Gasteiger partial charge in [-0.15, -0.1) is 10.9 Å². The zero-order valence-corrected chi connectivity index (χ0v) is 9.72. The van der Waals surface area contributed by atoms with E-state index >= 15 is 0 Å². The van der Waals surface area contributed by atoms with Crippen molar-refractivity contribution in [1.29, 1.82) is 0 Å².